The van der Waals surface area contributed by atoms with Gasteiger partial charge in [0.15, 0.2) is 0 Å². The van der Waals surface area contributed by atoms with Crippen molar-refractivity contribution in [2.24, 2.45) is 4.99 Å². The molecule has 0 spiro atoms. The third kappa shape index (κ3) is 3.16. The molecule has 0 saturated heterocycles. The summed E-state index contributed by atoms with van der Waals surface area (Å²) < 4.78 is 1.17. The lowest BCUT2D eigenvalue weighted by Crippen LogP contribution is -2.24. The van der Waals surface area contributed by atoms with Crippen molar-refractivity contribution in [1.82, 2.24) is 4.57 Å². The minimum Gasteiger partial charge on any atom is -0.494 e. The molecule has 0 unspecified atom stereocenters. The number of hydrogen-bond donors (Lipinski definition) is 1. The summed E-state index contributed by atoms with van der Waals surface area (Å²) in [5.74, 6) is -0.164. The maximum Gasteiger partial charge on any atom is 0.271 e. The van der Waals surface area contributed by atoms with Gasteiger partial charge in [0.2, 0.25) is 5.88 Å². The van der Waals surface area contributed by atoms with Crippen LogP contribution >= 0.6 is 0 Å². The summed E-state index contributed by atoms with van der Waals surface area (Å²) >= 11 is 0. The zero-order valence-electron chi connectivity index (χ0n) is 13.5. The second kappa shape index (κ2) is 6.93. The molecule has 0 aliphatic carbocycles. The van der Waals surface area contributed by atoms with Gasteiger partial charge in [0.25, 0.3) is 5.56 Å². The van der Waals surface area contributed by atoms with Gasteiger partial charge in [-0.25, -0.2) is 0 Å². The van der Waals surface area contributed by atoms with Crippen molar-refractivity contribution in [3.8, 4) is 11.9 Å². The normalized spacial score (nSPS) is 10.9. The Morgan fingerprint density at radius 1 is 1.30 bits per heavy atom. The third-order valence-electron chi connectivity index (χ3n) is 3.85. The number of benzene rings is 1. The fourth-order valence-corrected chi connectivity index (χ4v) is 2.38. The van der Waals surface area contributed by atoms with Crippen LogP contribution in [-0.4, -0.2) is 15.9 Å². The molecule has 0 radical (unpaired) electrons. The van der Waals surface area contributed by atoms with Crippen molar-refractivity contribution in [3.63, 3.8) is 0 Å². The maximum atomic E-state index is 12.1. The van der Waals surface area contributed by atoms with Gasteiger partial charge >= 0.3 is 0 Å². The molecule has 1 aromatic carbocycles. The maximum absolute atomic E-state index is 12.1. The lowest BCUT2D eigenvalue weighted by Gasteiger charge is -2.12. The SMILES string of the molecule is CCc1ccc(N=Cc2c(C)c(C#N)c(=O)n(CC)c2O)cc1. The molecule has 1 aromatic heterocycles. The minimum absolute atomic E-state index is 0.0347. The van der Waals surface area contributed by atoms with Crippen LogP contribution in [-0.2, 0) is 13.0 Å². The summed E-state index contributed by atoms with van der Waals surface area (Å²) in [5, 5.41) is 19.5. The Kier molecular flexibility index (Phi) is 4.97. The molecule has 0 fully saturated rings. The Morgan fingerprint density at radius 2 is 1.96 bits per heavy atom. The van der Waals surface area contributed by atoms with Crippen LogP contribution in [0.2, 0.25) is 0 Å². The zero-order valence-corrected chi connectivity index (χ0v) is 13.5. The van der Waals surface area contributed by atoms with Gasteiger partial charge in [-0.1, -0.05) is 19.1 Å². The Labute approximate surface area is 135 Å². The third-order valence-corrected chi connectivity index (χ3v) is 3.85. The fraction of sp³-hybridized carbons (Fsp3) is 0.278. The van der Waals surface area contributed by atoms with Gasteiger partial charge in [0.05, 0.1) is 11.3 Å². The van der Waals surface area contributed by atoms with Crippen LogP contribution in [0.4, 0.5) is 5.69 Å². The fourth-order valence-electron chi connectivity index (χ4n) is 2.38. The summed E-state index contributed by atoms with van der Waals surface area (Å²) in [6, 6.07) is 9.68. The number of hydrogen-bond acceptors (Lipinski definition) is 4. The molecule has 0 saturated carbocycles. The summed E-state index contributed by atoms with van der Waals surface area (Å²) in [5.41, 5.74) is 2.35. The van der Waals surface area contributed by atoms with Crippen LogP contribution in [0.1, 0.15) is 36.1 Å². The van der Waals surface area contributed by atoms with Crippen molar-refractivity contribution in [1.29, 1.82) is 5.26 Å². The van der Waals surface area contributed by atoms with E-state index >= 15 is 0 Å². The van der Waals surface area contributed by atoms with E-state index in [0.29, 0.717) is 11.1 Å². The van der Waals surface area contributed by atoms with Crippen LogP contribution in [0.25, 0.3) is 0 Å². The van der Waals surface area contributed by atoms with Crippen molar-refractivity contribution in [3.05, 3.63) is 56.9 Å². The number of aryl methyl sites for hydroxylation is 1. The Bertz CT molecular complexity index is 841. The number of rotatable bonds is 4. The topological polar surface area (TPSA) is 78.4 Å². The molecule has 5 heteroatoms. The molecule has 0 amide bonds. The first kappa shape index (κ1) is 16.5. The quantitative estimate of drug-likeness (QED) is 0.882. The van der Waals surface area contributed by atoms with E-state index in [-0.39, 0.29) is 18.0 Å². The molecule has 0 bridgehead atoms. The van der Waals surface area contributed by atoms with Crippen molar-refractivity contribution in [2.75, 3.05) is 0 Å². The van der Waals surface area contributed by atoms with Gasteiger partial charge in [0, 0.05) is 12.8 Å². The second-order valence-electron chi connectivity index (χ2n) is 5.18. The minimum atomic E-state index is -0.477. The predicted molar refractivity (Wildman–Crippen MR) is 90.6 cm³/mol. The molecule has 0 atom stereocenters. The van der Waals surface area contributed by atoms with Crippen LogP contribution < -0.4 is 5.56 Å². The van der Waals surface area contributed by atoms with E-state index in [0.717, 1.165) is 12.1 Å². The summed E-state index contributed by atoms with van der Waals surface area (Å²) in [6.45, 7) is 5.74. The summed E-state index contributed by atoms with van der Waals surface area (Å²) in [7, 11) is 0. The van der Waals surface area contributed by atoms with Gasteiger partial charge < -0.3 is 5.11 Å². The predicted octanol–water partition coefficient (Wildman–Crippen LogP) is 3.07. The summed E-state index contributed by atoms with van der Waals surface area (Å²) in [4.78, 5) is 16.4. The number of aromatic nitrogens is 1. The molecule has 118 valence electrons. The Morgan fingerprint density at radius 3 is 2.48 bits per heavy atom. The van der Waals surface area contributed by atoms with Gasteiger partial charge in [-0.2, -0.15) is 5.26 Å². The monoisotopic (exact) mass is 309 g/mol. The standard InChI is InChI=1S/C18H19N3O2/c1-4-13-6-8-14(9-7-13)20-11-16-12(3)15(10-19)17(22)21(5-2)18(16)23/h6-9,11,23H,4-5H2,1-3H3. The van der Waals surface area contributed by atoms with E-state index in [4.69, 9.17) is 0 Å². The zero-order chi connectivity index (χ0) is 17.0. The first-order chi connectivity index (χ1) is 11.0. The molecule has 0 aliphatic heterocycles. The highest BCUT2D eigenvalue weighted by molar-refractivity contribution is 5.87. The van der Waals surface area contributed by atoms with Crippen LogP contribution in [0, 0.1) is 18.3 Å². The van der Waals surface area contributed by atoms with E-state index in [1.807, 2.05) is 30.3 Å². The van der Waals surface area contributed by atoms with E-state index in [1.165, 1.54) is 16.3 Å². The number of pyridine rings is 1. The number of nitriles is 1. The molecule has 1 N–H and O–H groups in total. The molecule has 0 aliphatic rings. The van der Waals surface area contributed by atoms with E-state index in [2.05, 4.69) is 11.9 Å². The molecule has 5 nitrogen and oxygen atoms in total. The average Bonchev–Trinajstić information content (AvgIpc) is 2.56. The summed E-state index contributed by atoms with van der Waals surface area (Å²) in [6.07, 6.45) is 2.45. The van der Waals surface area contributed by atoms with Gasteiger partial charge in [-0.15, -0.1) is 0 Å². The van der Waals surface area contributed by atoms with Gasteiger partial charge in [-0.05, 0) is 43.5 Å². The smallest absolute Gasteiger partial charge is 0.271 e. The Hall–Kier alpha value is -2.87. The second-order valence-corrected chi connectivity index (χ2v) is 5.18. The lowest BCUT2D eigenvalue weighted by atomic mass is 10.1. The largest absolute Gasteiger partial charge is 0.494 e. The molecular weight excluding hydrogens is 290 g/mol. The van der Waals surface area contributed by atoms with Crippen LogP contribution in [0.3, 0.4) is 0 Å². The van der Waals surface area contributed by atoms with E-state index in [1.54, 1.807) is 13.8 Å². The van der Waals surface area contributed by atoms with Gasteiger partial charge in [-0.3, -0.25) is 14.4 Å². The highest BCUT2D eigenvalue weighted by Gasteiger charge is 2.16. The van der Waals surface area contributed by atoms with Gasteiger partial charge in [0.1, 0.15) is 11.6 Å². The Balaban J connectivity index is 2.52. The van der Waals surface area contributed by atoms with Crippen LogP contribution in [0.5, 0.6) is 5.88 Å². The highest BCUT2D eigenvalue weighted by Crippen LogP contribution is 2.21. The lowest BCUT2D eigenvalue weighted by molar-refractivity contribution is 0.409. The first-order valence-corrected chi connectivity index (χ1v) is 7.52. The number of nitrogens with zero attached hydrogens (tertiary/aromatic N) is 3. The molecule has 2 rings (SSSR count). The highest BCUT2D eigenvalue weighted by atomic mass is 16.3. The molecule has 2 aromatic rings. The molecule has 23 heavy (non-hydrogen) atoms. The van der Waals surface area contributed by atoms with Crippen LogP contribution in [0.15, 0.2) is 34.1 Å². The molecule has 1 heterocycles. The van der Waals surface area contributed by atoms with Crippen molar-refractivity contribution in [2.45, 2.75) is 33.7 Å². The van der Waals surface area contributed by atoms with E-state index < -0.39 is 5.56 Å². The van der Waals surface area contributed by atoms with Crippen molar-refractivity contribution < 1.29 is 5.11 Å². The van der Waals surface area contributed by atoms with Crippen molar-refractivity contribution >= 4 is 11.9 Å². The first-order valence-electron chi connectivity index (χ1n) is 7.52. The number of aromatic hydroxyl groups is 1. The molecular formula is C18H19N3O2. The number of aliphatic imine (C=N–C) groups is 1. The average molecular weight is 309 g/mol. The van der Waals surface area contributed by atoms with E-state index in [9.17, 15) is 15.2 Å².